The van der Waals surface area contributed by atoms with Crippen molar-refractivity contribution in [2.45, 2.75) is 51.7 Å². The molecule has 0 radical (unpaired) electrons. The summed E-state index contributed by atoms with van der Waals surface area (Å²) in [4.78, 5) is 40.0. The van der Waals surface area contributed by atoms with Gasteiger partial charge in [-0.05, 0) is 29.3 Å². The van der Waals surface area contributed by atoms with E-state index in [4.69, 9.17) is 5.11 Å². The van der Waals surface area contributed by atoms with Gasteiger partial charge in [0, 0.05) is 16.3 Å². The maximum atomic E-state index is 13.3. The molecule has 158 valence electrons. The highest BCUT2D eigenvalue weighted by atomic mass is 32.1. The Bertz CT molecular complexity index is 727. The van der Waals surface area contributed by atoms with Gasteiger partial charge >= 0.3 is 12.0 Å². The van der Waals surface area contributed by atoms with Crippen LogP contribution in [0.3, 0.4) is 0 Å². The van der Waals surface area contributed by atoms with E-state index in [-0.39, 0.29) is 18.9 Å². The van der Waals surface area contributed by atoms with E-state index in [1.807, 2.05) is 41.9 Å². The quantitative estimate of drug-likeness (QED) is 0.472. The van der Waals surface area contributed by atoms with Crippen molar-refractivity contribution < 1.29 is 19.5 Å². The minimum atomic E-state index is -0.984. The Morgan fingerprint density at radius 3 is 2.21 bits per heavy atom. The summed E-state index contributed by atoms with van der Waals surface area (Å²) in [5, 5.41) is 17.9. The maximum Gasteiger partial charge on any atom is 0.315 e. The van der Waals surface area contributed by atoms with Crippen LogP contribution in [-0.2, 0) is 22.7 Å². The fourth-order valence-corrected chi connectivity index (χ4v) is 4.21. The second kappa shape index (κ2) is 12.2. The Hall–Kier alpha value is -2.39. The number of amides is 3. The lowest BCUT2D eigenvalue weighted by molar-refractivity contribution is -0.137. The lowest BCUT2D eigenvalue weighted by atomic mass is 10.1. The summed E-state index contributed by atoms with van der Waals surface area (Å²) in [5.41, 5.74) is 0. The zero-order valence-electron chi connectivity index (χ0n) is 16.4. The normalized spacial score (nSPS) is 11.6. The van der Waals surface area contributed by atoms with E-state index in [9.17, 15) is 14.4 Å². The fourth-order valence-electron chi connectivity index (χ4n) is 2.77. The van der Waals surface area contributed by atoms with Crippen LogP contribution in [0.4, 0.5) is 4.79 Å². The second-order valence-electron chi connectivity index (χ2n) is 6.59. The van der Waals surface area contributed by atoms with E-state index in [1.54, 1.807) is 27.6 Å². The summed E-state index contributed by atoms with van der Waals surface area (Å²) in [6.45, 7) is 3.02. The number of hydrogen-bond donors (Lipinski definition) is 3. The summed E-state index contributed by atoms with van der Waals surface area (Å²) in [6, 6.07) is 6.72. The molecule has 0 aromatic carbocycles. The van der Waals surface area contributed by atoms with Gasteiger partial charge in [-0.2, -0.15) is 0 Å². The van der Waals surface area contributed by atoms with Crippen LogP contribution >= 0.6 is 22.7 Å². The molecule has 0 aliphatic carbocycles. The SMILES string of the molecule is CCCCC(NC(=O)NCCC(=O)O)C(=O)N(Cc1cccs1)Cc1cccs1. The van der Waals surface area contributed by atoms with Gasteiger partial charge in [0.1, 0.15) is 6.04 Å². The van der Waals surface area contributed by atoms with E-state index < -0.39 is 18.0 Å². The van der Waals surface area contributed by atoms with Gasteiger partial charge in [0.25, 0.3) is 0 Å². The van der Waals surface area contributed by atoms with Crippen LogP contribution in [0.5, 0.6) is 0 Å². The molecule has 0 saturated heterocycles. The van der Waals surface area contributed by atoms with Crippen molar-refractivity contribution in [2.75, 3.05) is 6.54 Å². The molecule has 1 unspecified atom stereocenters. The number of carboxylic acids is 1. The highest BCUT2D eigenvalue weighted by Crippen LogP contribution is 2.19. The molecule has 2 rings (SSSR count). The lowest BCUT2D eigenvalue weighted by Crippen LogP contribution is -2.51. The number of nitrogens with zero attached hydrogens (tertiary/aromatic N) is 1. The van der Waals surface area contributed by atoms with Crippen LogP contribution in [0.15, 0.2) is 35.0 Å². The Balaban J connectivity index is 2.07. The molecular weight excluding hydrogens is 410 g/mol. The van der Waals surface area contributed by atoms with Gasteiger partial charge in [0.15, 0.2) is 0 Å². The molecule has 2 heterocycles. The molecular formula is C20H27N3O4S2. The van der Waals surface area contributed by atoms with Crippen molar-refractivity contribution >= 4 is 40.6 Å². The Morgan fingerprint density at radius 1 is 1.10 bits per heavy atom. The van der Waals surface area contributed by atoms with Gasteiger partial charge in [-0.1, -0.05) is 31.9 Å². The molecule has 9 heteroatoms. The molecule has 3 amide bonds. The zero-order valence-corrected chi connectivity index (χ0v) is 18.1. The molecule has 0 aliphatic heterocycles. The number of carbonyl (C=O) groups excluding carboxylic acids is 2. The standard InChI is InChI=1S/C20H27N3O4S2/c1-2-3-8-17(22-20(27)21-10-9-18(24)25)19(26)23(13-15-6-4-11-28-15)14-16-7-5-12-29-16/h4-7,11-12,17H,2-3,8-10,13-14H2,1H3,(H,24,25)(H2,21,22,27). The largest absolute Gasteiger partial charge is 0.481 e. The Morgan fingerprint density at radius 2 is 1.72 bits per heavy atom. The summed E-state index contributed by atoms with van der Waals surface area (Å²) >= 11 is 3.19. The van der Waals surface area contributed by atoms with Gasteiger partial charge in [0.05, 0.1) is 19.5 Å². The molecule has 0 aliphatic rings. The smallest absolute Gasteiger partial charge is 0.315 e. The third-order valence-corrected chi connectivity index (χ3v) is 5.96. The first-order chi connectivity index (χ1) is 14.0. The maximum absolute atomic E-state index is 13.3. The number of unbranched alkanes of at least 4 members (excludes halogenated alkanes) is 1. The highest BCUT2D eigenvalue weighted by molar-refractivity contribution is 7.10. The second-order valence-corrected chi connectivity index (χ2v) is 8.66. The van der Waals surface area contributed by atoms with Crippen molar-refractivity contribution in [3.05, 3.63) is 44.8 Å². The van der Waals surface area contributed by atoms with Crippen LogP contribution in [0.1, 0.15) is 42.4 Å². The summed E-state index contributed by atoms with van der Waals surface area (Å²) < 4.78 is 0. The molecule has 2 aromatic rings. The van der Waals surface area contributed by atoms with E-state index in [1.165, 1.54) is 0 Å². The number of hydrogen-bond acceptors (Lipinski definition) is 5. The molecule has 29 heavy (non-hydrogen) atoms. The van der Waals surface area contributed by atoms with Gasteiger partial charge < -0.3 is 20.6 Å². The van der Waals surface area contributed by atoms with Gasteiger partial charge in [-0.25, -0.2) is 4.79 Å². The number of carboxylic acid groups (broad SMARTS) is 1. The minimum absolute atomic E-state index is 0.0178. The van der Waals surface area contributed by atoms with Crippen molar-refractivity contribution in [1.29, 1.82) is 0 Å². The van der Waals surface area contributed by atoms with E-state index in [0.717, 1.165) is 22.6 Å². The number of rotatable bonds is 12. The third-order valence-electron chi connectivity index (χ3n) is 4.24. The van der Waals surface area contributed by atoms with E-state index >= 15 is 0 Å². The molecule has 0 fully saturated rings. The fraction of sp³-hybridized carbons (Fsp3) is 0.450. The first-order valence-electron chi connectivity index (χ1n) is 9.59. The first kappa shape index (κ1) is 22.9. The molecule has 1 atom stereocenters. The predicted molar refractivity (Wildman–Crippen MR) is 115 cm³/mol. The number of nitrogens with one attached hydrogen (secondary N) is 2. The van der Waals surface area contributed by atoms with Crippen molar-refractivity contribution in [2.24, 2.45) is 0 Å². The summed E-state index contributed by atoms with van der Waals surface area (Å²) in [6.07, 6.45) is 2.08. The Kier molecular flexibility index (Phi) is 9.66. The number of urea groups is 1. The lowest BCUT2D eigenvalue weighted by Gasteiger charge is -2.27. The first-order valence-corrected chi connectivity index (χ1v) is 11.3. The number of carbonyl (C=O) groups is 3. The van der Waals surface area contributed by atoms with Crippen LogP contribution in [0.2, 0.25) is 0 Å². The predicted octanol–water partition coefficient (Wildman–Crippen LogP) is 3.67. The topological polar surface area (TPSA) is 98.7 Å². The van der Waals surface area contributed by atoms with Crippen molar-refractivity contribution in [3.63, 3.8) is 0 Å². The zero-order chi connectivity index (χ0) is 21.1. The van der Waals surface area contributed by atoms with Gasteiger partial charge in [-0.3, -0.25) is 9.59 Å². The van der Waals surface area contributed by atoms with E-state index in [2.05, 4.69) is 10.6 Å². The summed E-state index contributed by atoms with van der Waals surface area (Å²) in [5.74, 6) is -1.12. The average Bonchev–Trinajstić information content (AvgIpc) is 3.38. The molecule has 0 spiro atoms. The number of aliphatic carboxylic acids is 1. The van der Waals surface area contributed by atoms with Crippen molar-refractivity contribution in [3.8, 4) is 0 Å². The average molecular weight is 438 g/mol. The van der Waals surface area contributed by atoms with E-state index in [0.29, 0.717) is 19.5 Å². The monoisotopic (exact) mass is 437 g/mol. The molecule has 0 saturated carbocycles. The minimum Gasteiger partial charge on any atom is -0.481 e. The molecule has 0 bridgehead atoms. The Labute approximate surface area is 178 Å². The van der Waals surface area contributed by atoms with Crippen molar-refractivity contribution in [1.82, 2.24) is 15.5 Å². The van der Waals surface area contributed by atoms with Crippen LogP contribution in [-0.4, -0.2) is 40.5 Å². The molecule has 2 aromatic heterocycles. The number of thiophene rings is 2. The summed E-state index contributed by atoms with van der Waals surface area (Å²) in [7, 11) is 0. The third kappa shape index (κ3) is 8.25. The van der Waals surface area contributed by atoms with Gasteiger partial charge in [0.2, 0.25) is 5.91 Å². The van der Waals surface area contributed by atoms with Crippen LogP contribution < -0.4 is 10.6 Å². The highest BCUT2D eigenvalue weighted by Gasteiger charge is 2.26. The van der Waals surface area contributed by atoms with Gasteiger partial charge in [-0.15, -0.1) is 22.7 Å². The molecule has 7 nitrogen and oxygen atoms in total. The molecule has 3 N–H and O–H groups in total. The van der Waals surface area contributed by atoms with Crippen LogP contribution in [0, 0.1) is 0 Å². The van der Waals surface area contributed by atoms with Crippen LogP contribution in [0.25, 0.3) is 0 Å².